The van der Waals surface area contributed by atoms with Crippen LogP contribution in [0.4, 0.5) is 0 Å². The number of benzene rings is 1. The number of rotatable bonds is 6. The first-order valence-electron chi connectivity index (χ1n) is 7.60. The van der Waals surface area contributed by atoms with Gasteiger partial charge in [-0.1, -0.05) is 13.0 Å². The van der Waals surface area contributed by atoms with E-state index in [0.29, 0.717) is 19.8 Å². The Bertz CT molecular complexity index is 477. The van der Waals surface area contributed by atoms with Crippen molar-refractivity contribution in [1.29, 1.82) is 0 Å². The minimum Gasteiger partial charge on any atom is -0.490 e. The Morgan fingerprint density at radius 1 is 1.29 bits per heavy atom. The number of fused-ring (bicyclic) bond motifs is 1. The summed E-state index contributed by atoms with van der Waals surface area (Å²) in [6, 6.07) is 5.69. The predicted octanol–water partition coefficient (Wildman–Crippen LogP) is 1.85. The van der Waals surface area contributed by atoms with Crippen LogP contribution in [0.25, 0.3) is 0 Å². The summed E-state index contributed by atoms with van der Waals surface area (Å²) in [6.45, 7) is 6.62. The average molecular weight is 292 g/mol. The van der Waals surface area contributed by atoms with Gasteiger partial charge in [0.1, 0.15) is 0 Å². The SMILES string of the molecule is CCCNC(=O)C(C)NCc1ccc2c(c1)OCCCO2. The van der Waals surface area contributed by atoms with Gasteiger partial charge in [0, 0.05) is 19.5 Å². The highest BCUT2D eigenvalue weighted by Crippen LogP contribution is 2.30. The standard InChI is InChI=1S/C16H24N2O3/c1-3-7-17-16(19)12(2)18-11-13-5-6-14-15(10-13)21-9-4-8-20-14/h5-6,10,12,18H,3-4,7-9,11H2,1-2H3,(H,17,19). The Balaban J connectivity index is 1.88. The Morgan fingerprint density at radius 2 is 2.05 bits per heavy atom. The smallest absolute Gasteiger partial charge is 0.236 e. The van der Waals surface area contributed by atoms with Crippen molar-refractivity contribution in [2.75, 3.05) is 19.8 Å². The summed E-state index contributed by atoms with van der Waals surface area (Å²) in [6.07, 6.45) is 1.84. The quantitative estimate of drug-likeness (QED) is 0.840. The van der Waals surface area contributed by atoms with E-state index in [-0.39, 0.29) is 11.9 Å². The lowest BCUT2D eigenvalue weighted by molar-refractivity contribution is -0.122. The molecule has 1 unspecified atom stereocenters. The van der Waals surface area contributed by atoms with Gasteiger partial charge in [-0.15, -0.1) is 0 Å². The van der Waals surface area contributed by atoms with Crippen LogP contribution in [0, 0.1) is 0 Å². The van der Waals surface area contributed by atoms with E-state index in [0.717, 1.165) is 36.4 Å². The van der Waals surface area contributed by atoms with Crippen molar-refractivity contribution >= 4 is 5.91 Å². The number of carbonyl (C=O) groups is 1. The molecule has 1 aromatic carbocycles. The lowest BCUT2D eigenvalue weighted by Gasteiger charge is -2.15. The van der Waals surface area contributed by atoms with Crippen molar-refractivity contribution in [3.05, 3.63) is 23.8 Å². The van der Waals surface area contributed by atoms with Gasteiger partial charge in [0.25, 0.3) is 0 Å². The van der Waals surface area contributed by atoms with Gasteiger partial charge in [-0.2, -0.15) is 0 Å². The van der Waals surface area contributed by atoms with Gasteiger partial charge in [-0.05, 0) is 31.0 Å². The first-order chi connectivity index (χ1) is 10.2. The van der Waals surface area contributed by atoms with E-state index in [1.165, 1.54) is 0 Å². The van der Waals surface area contributed by atoms with Gasteiger partial charge in [0.05, 0.1) is 19.3 Å². The maximum Gasteiger partial charge on any atom is 0.236 e. The van der Waals surface area contributed by atoms with Crippen LogP contribution in [0.5, 0.6) is 11.5 Å². The van der Waals surface area contributed by atoms with Crippen LogP contribution in [-0.4, -0.2) is 31.7 Å². The summed E-state index contributed by atoms with van der Waals surface area (Å²) in [7, 11) is 0. The highest BCUT2D eigenvalue weighted by Gasteiger charge is 2.13. The molecule has 5 heteroatoms. The second-order valence-electron chi connectivity index (χ2n) is 5.23. The van der Waals surface area contributed by atoms with Crippen LogP contribution >= 0.6 is 0 Å². The van der Waals surface area contributed by atoms with Crippen LogP contribution in [0.3, 0.4) is 0 Å². The molecule has 2 N–H and O–H groups in total. The minimum atomic E-state index is -0.215. The van der Waals surface area contributed by atoms with Crippen LogP contribution in [0.1, 0.15) is 32.3 Å². The molecule has 0 saturated carbocycles. The zero-order valence-electron chi connectivity index (χ0n) is 12.8. The van der Waals surface area contributed by atoms with E-state index < -0.39 is 0 Å². The molecular weight excluding hydrogens is 268 g/mol. The summed E-state index contributed by atoms with van der Waals surface area (Å²) in [4.78, 5) is 11.8. The van der Waals surface area contributed by atoms with Gasteiger partial charge < -0.3 is 20.1 Å². The highest BCUT2D eigenvalue weighted by molar-refractivity contribution is 5.81. The van der Waals surface area contributed by atoms with Gasteiger partial charge in [-0.3, -0.25) is 4.79 Å². The number of ether oxygens (including phenoxy) is 2. The zero-order valence-corrected chi connectivity index (χ0v) is 12.8. The molecule has 0 spiro atoms. The van der Waals surface area contributed by atoms with Gasteiger partial charge >= 0.3 is 0 Å². The summed E-state index contributed by atoms with van der Waals surface area (Å²) in [5.74, 6) is 1.62. The van der Waals surface area contributed by atoms with Crippen molar-refractivity contribution in [1.82, 2.24) is 10.6 Å². The normalized spacial score (nSPS) is 15.1. The maximum absolute atomic E-state index is 11.8. The summed E-state index contributed by atoms with van der Waals surface area (Å²) in [5, 5.41) is 6.10. The fourth-order valence-corrected chi connectivity index (χ4v) is 2.08. The molecule has 0 radical (unpaired) electrons. The molecule has 1 amide bonds. The molecule has 0 fully saturated rings. The average Bonchev–Trinajstić information content (AvgIpc) is 2.74. The summed E-state index contributed by atoms with van der Waals surface area (Å²) >= 11 is 0. The molecular formula is C16H24N2O3. The van der Waals surface area contributed by atoms with E-state index in [9.17, 15) is 4.79 Å². The molecule has 1 heterocycles. The number of amides is 1. The molecule has 1 atom stereocenters. The zero-order chi connectivity index (χ0) is 15.1. The minimum absolute atomic E-state index is 0.0335. The molecule has 0 aromatic heterocycles. The van der Waals surface area contributed by atoms with Crippen molar-refractivity contribution in [3.63, 3.8) is 0 Å². The molecule has 0 aliphatic carbocycles. The van der Waals surface area contributed by atoms with Crippen LogP contribution in [0.15, 0.2) is 18.2 Å². The van der Waals surface area contributed by atoms with E-state index in [2.05, 4.69) is 10.6 Å². The Labute approximate surface area is 126 Å². The molecule has 21 heavy (non-hydrogen) atoms. The van der Waals surface area contributed by atoms with Crippen LogP contribution in [0.2, 0.25) is 0 Å². The Kier molecular flexibility index (Phi) is 5.87. The largest absolute Gasteiger partial charge is 0.490 e. The Morgan fingerprint density at radius 3 is 2.81 bits per heavy atom. The first kappa shape index (κ1) is 15.6. The molecule has 1 aromatic rings. The van der Waals surface area contributed by atoms with Crippen molar-refractivity contribution in [2.45, 2.75) is 39.3 Å². The topological polar surface area (TPSA) is 59.6 Å². The third-order valence-corrected chi connectivity index (χ3v) is 3.37. The van der Waals surface area contributed by atoms with Crippen molar-refractivity contribution in [3.8, 4) is 11.5 Å². The second-order valence-corrected chi connectivity index (χ2v) is 5.23. The van der Waals surface area contributed by atoms with Crippen LogP contribution < -0.4 is 20.1 Å². The lowest BCUT2D eigenvalue weighted by atomic mass is 10.2. The third-order valence-electron chi connectivity index (χ3n) is 3.37. The van der Waals surface area contributed by atoms with Crippen molar-refractivity contribution in [2.24, 2.45) is 0 Å². The monoisotopic (exact) mass is 292 g/mol. The molecule has 0 saturated heterocycles. The van der Waals surface area contributed by atoms with E-state index in [1.54, 1.807) is 0 Å². The molecule has 1 aliphatic rings. The summed E-state index contributed by atoms with van der Waals surface area (Å²) in [5.41, 5.74) is 1.08. The molecule has 0 bridgehead atoms. The lowest BCUT2D eigenvalue weighted by Crippen LogP contribution is -2.42. The highest BCUT2D eigenvalue weighted by atomic mass is 16.5. The van der Waals surface area contributed by atoms with E-state index in [1.807, 2.05) is 32.0 Å². The first-order valence-corrected chi connectivity index (χ1v) is 7.60. The van der Waals surface area contributed by atoms with Crippen LogP contribution in [-0.2, 0) is 11.3 Å². The Hall–Kier alpha value is -1.75. The predicted molar refractivity (Wildman–Crippen MR) is 81.7 cm³/mol. The maximum atomic E-state index is 11.8. The number of carbonyl (C=O) groups excluding carboxylic acids is 1. The number of nitrogens with one attached hydrogen (secondary N) is 2. The van der Waals surface area contributed by atoms with Crippen molar-refractivity contribution < 1.29 is 14.3 Å². The summed E-state index contributed by atoms with van der Waals surface area (Å²) < 4.78 is 11.3. The van der Waals surface area contributed by atoms with E-state index in [4.69, 9.17) is 9.47 Å². The fourth-order valence-electron chi connectivity index (χ4n) is 2.08. The third kappa shape index (κ3) is 4.63. The number of hydrogen-bond donors (Lipinski definition) is 2. The molecule has 5 nitrogen and oxygen atoms in total. The molecule has 116 valence electrons. The van der Waals surface area contributed by atoms with Gasteiger partial charge in [-0.25, -0.2) is 0 Å². The van der Waals surface area contributed by atoms with Gasteiger partial charge in [0.2, 0.25) is 5.91 Å². The van der Waals surface area contributed by atoms with E-state index >= 15 is 0 Å². The fraction of sp³-hybridized carbons (Fsp3) is 0.562. The molecule has 1 aliphatic heterocycles. The molecule has 2 rings (SSSR count). The number of hydrogen-bond acceptors (Lipinski definition) is 4. The second kappa shape index (κ2) is 7.88. The van der Waals surface area contributed by atoms with Gasteiger partial charge in [0.15, 0.2) is 11.5 Å².